The molecule has 0 saturated carbocycles. The Morgan fingerprint density at radius 1 is 1.35 bits per heavy atom. The van der Waals surface area contributed by atoms with E-state index in [4.69, 9.17) is 15.2 Å². The number of carbonyl (C=O) groups excluding carboxylic acids is 2. The fourth-order valence-corrected chi connectivity index (χ4v) is 1.69. The normalized spacial score (nSPS) is 9.95. The van der Waals surface area contributed by atoms with E-state index >= 15 is 0 Å². The zero-order chi connectivity index (χ0) is 15.1. The minimum atomic E-state index is -0.327. The summed E-state index contributed by atoms with van der Waals surface area (Å²) >= 11 is 0. The SMILES string of the molecule is CCOC(=O)CCN(C)C(=O)c1cc(N)ccc1OC. The Kier molecular flexibility index (Phi) is 5.83. The molecule has 1 aromatic rings. The van der Waals surface area contributed by atoms with Crippen molar-refractivity contribution in [1.29, 1.82) is 0 Å². The van der Waals surface area contributed by atoms with Crippen LogP contribution in [0.3, 0.4) is 0 Å². The predicted octanol–water partition coefficient (Wildman–Crippen LogP) is 1.30. The summed E-state index contributed by atoms with van der Waals surface area (Å²) < 4.78 is 9.96. The summed E-state index contributed by atoms with van der Waals surface area (Å²) in [4.78, 5) is 25.0. The Hall–Kier alpha value is -2.24. The summed E-state index contributed by atoms with van der Waals surface area (Å²) in [5.74, 6) is -0.127. The van der Waals surface area contributed by atoms with E-state index in [0.29, 0.717) is 23.6 Å². The number of benzene rings is 1. The first kappa shape index (κ1) is 15.8. The average molecular weight is 280 g/mol. The molecular formula is C14H20N2O4. The fraction of sp³-hybridized carbons (Fsp3) is 0.429. The molecule has 6 heteroatoms. The van der Waals surface area contributed by atoms with Crippen molar-refractivity contribution in [3.8, 4) is 5.75 Å². The van der Waals surface area contributed by atoms with Crippen LogP contribution in [0.25, 0.3) is 0 Å². The fourth-order valence-electron chi connectivity index (χ4n) is 1.69. The molecule has 0 saturated heterocycles. The molecule has 0 unspecified atom stereocenters. The number of esters is 1. The maximum atomic E-state index is 12.3. The Bertz CT molecular complexity index is 488. The van der Waals surface area contributed by atoms with Crippen LogP contribution in [0.2, 0.25) is 0 Å². The summed E-state index contributed by atoms with van der Waals surface area (Å²) in [7, 11) is 3.10. The highest BCUT2D eigenvalue weighted by Gasteiger charge is 2.17. The van der Waals surface area contributed by atoms with Crippen LogP contribution < -0.4 is 10.5 Å². The van der Waals surface area contributed by atoms with E-state index in [-0.39, 0.29) is 24.8 Å². The number of nitrogen functional groups attached to an aromatic ring is 1. The van der Waals surface area contributed by atoms with Crippen LogP contribution in [0.15, 0.2) is 18.2 Å². The minimum Gasteiger partial charge on any atom is -0.496 e. The molecule has 0 bridgehead atoms. The predicted molar refractivity (Wildman–Crippen MR) is 75.6 cm³/mol. The second-order valence-electron chi connectivity index (χ2n) is 4.24. The molecule has 1 rings (SSSR count). The largest absolute Gasteiger partial charge is 0.496 e. The molecule has 0 aromatic heterocycles. The van der Waals surface area contributed by atoms with Crippen molar-refractivity contribution in [2.75, 3.05) is 33.0 Å². The van der Waals surface area contributed by atoms with Gasteiger partial charge in [-0.15, -0.1) is 0 Å². The summed E-state index contributed by atoms with van der Waals surface area (Å²) in [6.07, 6.45) is 0.153. The van der Waals surface area contributed by atoms with Gasteiger partial charge >= 0.3 is 5.97 Å². The molecule has 0 atom stereocenters. The lowest BCUT2D eigenvalue weighted by molar-refractivity contribution is -0.143. The number of rotatable bonds is 6. The third-order valence-electron chi connectivity index (χ3n) is 2.76. The zero-order valence-electron chi connectivity index (χ0n) is 12.0. The Balaban J connectivity index is 2.74. The van der Waals surface area contributed by atoms with Crippen LogP contribution in [0.1, 0.15) is 23.7 Å². The van der Waals surface area contributed by atoms with Gasteiger partial charge in [-0.05, 0) is 25.1 Å². The number of nitrogens with two attached hydrogens (primary N) is 1. The Labute approximate surface area is 118 Å². The summed E-state index contributed by atoms with van der Waals surface area (Å²) in [5.41, 5.74) is 6.53. The standard InChI is InChI=1S/C14H20N2O4/c1-4-20-13(17)7-8-16(2)14(18)11-9-10(15)5-6-12(11)19-3/h5-6,9H,4,7-8,15H2,1-3H3. The van der Waals surface area contributed by atoms with Crippen LogP contribution in [0.5, 0.6) is 5.75 Å². The molecule has 0 spiro atoms. The second-order valence-corrected chi connectivity index (χ2v) is 4.24. The molecular weight excluding hydrogens is 260 g/mol. The van der Waals surface area contributed by atoms with E-state index < -0.39 is 0 Å². The van der Waals surface area contributed by atoms with Gasteiger partial charge in [0.25, 0.3) is 5.91 Å². The van der Waals surface area contributed by atoms with Crippen LogP contribution in [-0.4, -0.2) is 44.1 Å². The van der Waals surface area contributed by atoms with Crippen LogP contribution in [0, 0.1) is 0 Å². The number of amides is 1. The Morgan fingerprint density at radius 2 is 2.05 bits per heavy atom. The van der Waals surface area contributed by atoms with E-state index in [2.05, 4.69) is 0 Å². The summed E-state index contributed by atoms with van der Waals surface area (Å²) in [5, 5.41) is 0. The van der Waals surface area contributed by atoms with Gasteiger partial charge in [0, 0.05) is 19.3 Å². The monoisotopic (exact) mass is 280 g/mol. The molecule has 110 valence electrons. The number of nitrogens with zero attached hydrogens (tertiary/aromatic N) is 1. The second kappa shape index (κ2) is 7.37. The highest BCUT2D eigenvalue weighted by molar-refractivity contribution is 5.97. The van der Waals surface area contributed by atoms with Gasteiger partial charge in [0.1, 0.15) is 5.75 Å². The summed E-state index contributed by atoms with van der Waals surface area (Å²) in [6.45, 7) is 2.35. The van der Waals surface area contributed by atoms with E-state index in [1.165, 1.54) is 12.0 Å². The first-order valence-corrected chi connectivity index (χ1v) is 6.34. The van der Waals surface area contributed by atoms with E-state index in [0.717, 1.165) is 0 Å². The number of carbonyl (C=O) groups is 2. The van der Waals surface area contributed by atoms with Crippen molar-refractivity contribution < 1.29 is 19.1 Å². The lowest BCUT2D eigenvalue weighted by Crippen LogP contribution is -2.29. The van der Waals surface area contributed by atoms with E-state index in [1.54, 1.807) is 32.2 Å². The molecule has 2 N–H and O–H groups in total. The molecule has 1 aromatic carbocycles. The molecule has 6 nitrogen and oxygen atoms in total. The van der Waals surface area contributed by atoms with Gasteiger partial charge in [-0.3, -0.25) is 9.59 Å². The van der Waals surface area contributed by atoms with Crippen LogP contribution in [-0.2, 0) is 9.53 Å². The third kappa shape index (κ3) is 4.15. The molecule has 0 aliphatic rings. The van der Waals surface area contributed by atoms with Crippen molar-refractivity contribution in [1.82, 2.24) is 4.90 Å². The zero-order valence-corrected chi connectivity index (χ0v) is 12.0. The molecule has 0 fully saturated rings. The van der Waals surface area contributed by atoms with Crippen molar-refractivity contribution in [3.63, 3.8) is 0 Å². The van der Waals surface area contributed by atoms with Crippen LogP contribution >= 0.6 is 0 Å². The Morgan fingerprint density at radius 3 is 2.65 bits per heavy atom. The van der Waals surface area contributed by atoms with E-state index in [1.807, 2.05) is 0 Å². The lowest BCUT2D eigenvalue weighted by Gasteiger charge is -2.18. The van der Waals surface area contributed by atoms with Gasteiger partial charge in [0.2, 0.25) is 0 Å². The number of hydrogen-bond acceptors (Lipinski definition) is 5. The molecule has 20 heavy (non-hydrogen) atoms. The number of hydrogen-bond donors (Lipinski definition) is 1. The van der Waals surface area contributed by atoms with Gasteiger partial charge < -0.3 is 20.1 Å². The van der Waals surface area contributed by atoms with Crippen molar-refractivity contribution in [2.45, 2.75) is 13.3 Å². The van der Waals surface area contributed by atoms with Crippen molar-refractivity contribution in [2.24, 2.45) is 0 Å². The molecule has 0 aliphatic heterocycles. The highest BCUT2D eigenvalue weighted by Crippen LogP contribution is 2.22. The quantitative estimate of drug-likeness (QED) is 0.627. The smallest absolute Gasteiger partial charge is 0.307 e. The van der Waals surface area contributed by atoms with Crippen molar-refractivity contribution >= 4 is 17.6 Å². The van der Waals surface area contributed by atoms with Gasteiger partial charge in [0.15, 0.2) is 0 Å². The number of ether oxygens (including phenoxy) is 2. The van der Waals surface area contributed by atoms with Gasteiger partial charge in [-0.25, -0.2) is 0 Å². The lowest BCUT2D eigenvalue weighted by atomic mass is 10.1. The molecule has 1 amide bonds. The first-order chi connectivity index (χ1) is 9.49. The van der Waals surface area contributed by atoms with E-state index in [9.17, 15) is 9.59 Å². The van der Waals surface area contributed by atoms with Crippen LogP contribution in [0.4, 0.5) is 5.69 Å². The first-order valence-electron chi connectivity index (χ1n) is 6.34. The number of methoxy groups -OCH3 is 1. The molecule has 0 aliphatic carbocycles. The average Bonchev–Trinajstić information content (AvgIpc) is 2.44. The summed E-state index contributed by atoms with van der Waals surface area (Å²) in [6, 6.07) is 4.86. The highest BCUT2D eigenvalue weighted by atomic mass is 16.5. The van der Waals surface area contributed by atoms with Gasteiger partial charge in [0.05, 0.1) is 25.7 Å². The maximum Gasteiger partial charge on any atom is 0.307 e. The third-order valence-corrected chi connectivity index (χ3v) is 2.76. The van der Waals surface area contributed by atoms with Gasteiger partial charge in [-0.1, -0.05) is 0 Å². The van der Waals surface area contributed by atoms with Gasteiger partial charge in [-0.2, -0.15) is 0 Å². The van der Waals surface area contributed by atoms with Crippen molar-refractivity contribution in [3.05, 3.63) is 23.8 Å². The maximum absolute atomic E-state index is 12.3. The molecule has 0 heterocycles. The minimum absolute atomic E-state index is 0.153. The topological polar surface area (TPSA) is 81.9 Å². The number of anilines is 1. The molecule has 0 radical (unpaired) electrons.